The summed E-state index contributed by atoms with van der Waals surface area (Å²) in [6, 6.07) is 14.4. The molecular weight excluding hydrogens is 888 g/mol. The van der Waals surface area contributed by atoms with Crippen LogP contribution >= 0.6 is 11.8 Å². The Hall–Kier alpha value is -5.89. The number of carbonyl (C=O) groups excluding carboxylic acids is 3. The molecule has 2 N–H and O–H groups in total. The van der Waals surface area contributed by atoms with Crippen molar-refractivity contribution in [1.29, 1.82) is 0 Å². The fourth-order valence-electron chi connectivity index (χ4n) is 8.77. The van der Waals surface area contributed by atoms with Crippen molar-refractivity contribution in [2.24, 2.45) is 0 Å². The first-order valence-corrected chi connectivity index (χ1v) is 24.2. The van der Waals surface area contributed by atoms with Crippen LogP contribution in [0.3, 0.4) is 0 Å². The number of likely N-dealkylation sites (N-methyl/N-ethyl adjacent to an activating group) is 2. The van der Waals surface area contributed by atoms with E-state index in [0.29, 0.717) is 77.0 Å². The summed E-state index contributed by atoms with van der Waals surface area (Å²) in [6.07, 6.45) is 7.34. The molecule has 7 rings (SSSR count). The van der Waals surface area contributed by atoms with Crippen molar-refractivity contribution in [3.8, 4) is 17.2 Å². The number of methoxy groups -OCH3 is 2. The Balaban J connectivity index is 0.936. The number of fused-ring (bicyclic) bond motifs is 1. The lowest BCUT2D eigenvalue weighted by molar-refractivity contribution is -0.136. The number of benzene rings is 3. The number of anilines is 6. The van der Waals surface area contributed by atoms with E-state index >= 15 is 0 Å². The molecular formula is C46H59ClN10O8S. The first-order valence-electron chi connectivity index (χ1n) is 22.0. The first kappa shape index (κ1) is 48.1. The topological polar surface area (TPSA) is 182 Å². The van der Waals surface area contributed by atoms with E-state index in [-0.39, 0.29) is 24.8 Å². The minimum atomic E-state index is -3.64. The van der Waals surface area contributed by atoms with Gasteiger partial charge in [-0.05, 0) is 75.7 Å². The van der Waals surface area contributed by atoms with Gasteiger partial charge in [-0.3, -0.25) is 24.0 Å². The Bertz CT molecular complexity index is 2540. The zero-order chi connectivity index (χ0) is 47.3. The molecule has 2 fully saturated rings. The van der Waals surface area contributed by atoms with E-state index in [0.717, 1.165) is 72.8 Å². The molecule has 1 unspecified atom stereocenters. The van der Waals surface area contributed by atoms with Crippen LogP contribution in [0.2, 0.25) is 0 Å². The smallest absolute Gasteiger partial charge is 0.255 e. The lowest BCUT2D eigenvalue weighted by atomic mass is 10.00. The van der Waals surface area contributed by atoms with Crippen LogP contribution in [0, 0.1) is 0 Å². The molecule has 4 heterocycles. The molecule has 0 spiro atoms. The summed E-state index contributed by atoms with van der Waals surface area (Å²) in [5.74, 6) is 0.940. The Kier molecular flexibility index (Phi) is 15.1. The molecule has 3 aliphatic heterocycles. The summed E-state index contributed by atoms with van der Waals surface area (Å²) in [5, 5.41) is 5.61. The molecule has 0 bridgehead atoms. The molecule has 1 atom stereocenters. The van der Waals surface area contributed by atoms with Gasteiger partial charge in [0.2, 0.25) is 21.8 Å². The van der Waals surface area contributed by atoms with Gasteiger partial charge < -0.3 is 39.1 Å². The van der Waals surface area contributed by atoms with Crippen molar-refractivity contribution >= 4 is 73.8 Å². The molecule has 0 radical (unpaired) electrons. The number of para-hydroxylation sites is 1. The molecule has 66 heavy (non-hydrogen) atoms. The average Bonchev–Trinajstić information content (AvgIpc) is 3.65. The van der Waals surface area contributed by atoms with E-state index < -0.39 is 22.0 Å². The van der Waals surface area contributed by atoms with E-state index in [1.54, 1.807) is 48.5 Å². The van der Waals surface area contributed by atoms with Crippen LogP contribution in [0.1, 0.15) is 54.1 Å². The molecule has 4 aromatic rings. The molecule has 2 saturated heterocycles. The fraction of sp³-hybridized carbons (Fsp3) is 0.457. The number of aromatic nitrogens is 2. The monoisotopic (exact) mass is 946 g/mol. The van der Waals surface area contributed by atoms with E-state index in [2.05, 4.69) is 56.3 Å². The zero-order valence-electron chi connectivity index (χ0n) is 38.5. The largest absolute Gasteiger partial charge is 0.494 e. The van der Waals surface area contributed by atoms with Gasteiger partial charge in [0.15, 0.2) is 5.82 Å². The maximum atomic E-state index is 13.2. The number of nitrogens with one attached hydrogen (secondary N) is 2. The molecule has 3 aliphatic rings. The van der Waals surface area contributed by atoms with Crippen molar-refractivity contribution in [1.82, 2.24) is 30.0 Å². The van der Waals surface area contributed by atoms with Crippen molar-refractivity contribution in [2.45, 2.75) is 57.7 Å². The molecule has 0 saturated carbocycles. The lowest BCUT2D eigenvalue weighted by Gasteiger charge is -2.39. The van der Waals surface area contributed by atoms with Gasteiger partial charge in [0.1, 0.15) is 53.3 Å². The zero-order valence-corrected chi connectivity index (χ0v) is 40.1. The number of piperidine rings is 2. The molecule has 20 heteroatoms. The fourth-order valence-corrected chi connectivity index (χ4v) is 9.54. The molecule has 3 aromatic carbocycles. The number of halogens is 1. The van der Waals surface area contributed by atoms with E-state index in [9.17, 15) is 22.8 Å². The SMILES string of the molecule is CCc1cc(N(Cl)c2cncnc2Nc2cccc(OC)c2N(C)S(C)(=O)=O)c(OC)cc1N1CCC(N(C)CCN(C)CCOc2cccc3c2CN(C2CCC(=O)NC2=O)C3=O)CC1. The maximum absolute atomic E-state index is 13.2. The Morgan fingerprint density at radius 2 is 1.65 bits per heavy atom. The summed E-state index contributed by atoms with van der Waals surface area (Å²) >= 11 is 7.15. The summed E-state index contributed by atoms with van der Waals surface area (Å²) in [7, 11) is 5.17. The maximum Gasteiger partial charge on any atom is 0.255 e. The van der Waals surface area contributed by atoms with E-state index in [4.69, 9.17) is 26.0 Å². The predicted molar refractivity (Wildman–Crippen MR) is 255 cm³/mol. The van der Waals surface area contributed by atoms with Crippen LogP contribution in [0.25, 0.3) is 0 Å². The predicted octanol–water partition coefficient (Wildman–Crippen LogP) is 5.16. The number of sulfonamides is 1. The highest BCUT2D eigenvalue weighted by Crippen LogP contribution is 2.45. The molecule has 1 aromatic heterocycles. The number of hydrogen-bond acceptors (Lipinski definition) is 15. The summed E-state index contributed by atoms with van der Waals surface area (Å²) in [5.41, 5.74) is 5.26. The number of nitrogens with zero attached hydrogens (tertiary/aromatic N) is 8. The van der Waals surface area contributed by atoms with Gasteiger partial charge in [0.25, 0.3) is 5.91 Å². The molecule has 0 aliphatic carbocycles. The van der Waals surface area contributed by atoms with Crippen LogP contribution < -0.4 is 38.5 Å². The quantitative estimate of drug-likeness (QED) is 0.0929. The van der Waals surface area contributed by atoms with Crippen molar-refractivity contribution < 1.29 is 37.0 Å². The van der Waals surface area contributed by atoms with E-state index in [1.165, 1.54) is 24.9 Å². The number of amides is 3. The number of rotatable bonds is 19. The van der Waals surface area contributed by atoms with Gasteiger partial charge in [-0.25, -0.2) is 22.8 Å². The van der Waals surface area contributed by atoms with Crippen LogP contribution in [-0.4, -0.2) is 144 Å². The van der Waals surface area contributed by atoms with Crippen LogP contribution in [-0.2, 0) is 32.6 Å². The van der Waals surface area contributed by atoms with Gasteiger partial charge in [-0.1, -0.05) is 19.1 Å². The van der Waals surface area contributed by atoms with Crippen molar-refractivity contribution in [2.75, 3.05) is 99.9 Å². The van der Waals surface area contributed by atoms with Crippen molar-refractivity contribution in [3.05, 3.63) is 77.7 Å². The minimum absolute atomic E-state index is 0.209. The number of imide groups is 1. The second-order valence-electron chi connectivity index (χ2n) is 16.8. The van der Waals surface area contributed by atoms with Crippen molar-refractivity contribution in [3.63, 3.8) is 0 Å². The Labute approximate surface area is 391 Å². The first-order chi connectivity index (χ1) is 31.6. The molecule has 3 amide bonds. The highest BCUT2D eigenvalue weighted by molar-refractivity contribution is 7.92. The average molecular weight is 948 g/mol. The lowest BCUT2D eigenvalue weighted by Crippen LogP contribution is -2.52. The van der Waals surface area contributed by atoms with Crippen LogP contribution in [0.4, 0.5) is 34.3 Å². The normalized spacial score (nSPS) is 16.7. The Morgan fingerprint density at radius 1 is 0.924 bits per heavy atom. The number of aryl methyl sites for hydroxylation is 1. The third-order valence-corrected chi connectivity index (χ3v) is 14.2. The second-order valence-corrected chi connectivity index (χ2v) is 19.1. The molecule has 354 valence electrons. The van der Waals surface area contributed by atoms with Gasteiger partial charge >= 0.3 is 0 Å². The summed E-state index contributed by atoms with van der Waals surface area (Å²) < 4.78 is 45.5. The standard InChI is InChI=1S/C46H59ClN10O8S/c1-8-30-25-37(57(47)38-27-48-29-49-44(38)50-34-12-10-14-40(63-5)43(34)54(4)66(7,61)62)41(64-6)26-36(30)55-19-17-31(18-20-55)53(3)22-21-52(2)23-24-65-39-13-9-11-32-33(39)28-56(46(32)60)35-15-16-42(58)51-45(35)59/h9-14,25-27,29,31,35H,8,15-24,28H2,1-7H3,(H,48,49,50)(H,51,58,59). The number of hydrogen-bond donors (Lipinski definition) is 2. The highest BCUT2D eigenvalue weighted by atomic mass is 35.5. The minimum Gasteiger partial charge on any atom is -0.494 e. The van der Waals surface area contributed by atoms with E-state index in [1.807, 2.05) is 18.2 Å². The van der Waals surface area contributed by atoms with Gasteiger partial charge in [-0.15, -0.1) is 0 Å². The van der Waals surface area contributed by atoms with Crippen LogP contribution in [0.15, 0.2) is 61.1 Å². The highest BCUT2D eigenvalue weighted by Gasteiger charge is 2.40. The number of carbonyl (C=O) groups is 3. The third kappa shape index (κ3) is 10.4. The van der Waals surface area contributed by atoms with Crippen LogP contribution in [0.5, 0.6) is 17.2 Å². The third-order valence-electron chi connectivity index (χ3n) is 12.7. The second kappa shape index (κ2) is 20.7. The van der Waals surface area contributed by atoms with Gasteiger partial charge in [0, 0.05) is 86.9 Å². The number of ether oxygens (including phenoxy) is 3. The van der Waals surface area contributed by atoms with Gasteiger partial charge in [-0.2, -0.15) is 0 Å². The Morgan fingerprint density at radius 3 is 2.35 bits per heavy atom. The van der Waals surface area contributed by atoms with Gasteiger partial charge in [0.05, 0.1) is 38.9 Å². The molecule has 18 nitrogen and oxygen atoms in total. The summed E-state index contributed by atoms with van der Waals surface area (Å²) in [6.45, 7) is 7.00. The summed E-state index contributed by atoms with van der Waals surface area (Å²) in [4.78, 5) is 54.8.